The first-order valence-electron chi connectivity index (χ1n) is 4.21. The van der Waals surface area contributed by atoms with Crippen LogP contribution in [0.25, 0.3) is 0 Å². The molecule has 14 heavy (non-hydrogen) atoms. The van der Waals surface area contributed by atoms with Crippen molar-refractivity contribution in [3.63, 3.8) is 0 Å². The average Bonchev–Trinajstić information content (AvgIpc) is 2.16. The molecule has 0 aromatic rings. The van der Waals surface area contributed by atoms with Crippen molar-refractivity contribution >= 4 is 11.9 Å². The number of nitrogens with two attached hydrogens (primary N) is 1. The van der Waals surface area contributed by atoms with Gasteiger partial charge in [0.15, 0.2) is 0 Å². The number of nitrogens with zero attached hydrogens (tertiary/aromatic N) is 1. The second-order valence-corrected chi connectivity index (χ2v) is 2.90. The molecule has 2 N–H and O–H groups in total. The Morgan fingerprint density at radius 2 is 2.21 bits per heavy atom. The van der Waals surface area contributed by atoms with Crippen molar-refractivity contribution in [3.8, 4) is 0 Å². The highest BCUT2D eigenvalue weighted by atomic mass is 16.5. The van der Waals surface area contributed by atoms with E-state index in [4.69, 9.17) is 5.73 Å². The molecule has 0 rings (SSSR count). The van der Waals surface area contributed by atoms with Gasteiger partial charge in [-0.25, -0.2) is 0 Å². The van der Waals surface area contributed by atoms with E-state index in [2.05, 4.69) is 11.3 Å². The number of hydrogen-bond donors (Lipinski definition) is 1. The summed E-state index contributed by atoms with van der Waals surface area (Å²) in [6, 6.07) is -0.637. The molecule has 1 amide bonds. The van der Waals surface area contributed by atoms with Crippen LogP contribution in [0.2, 0.25) is 0 Å². The zero-order valence-electron chi connectivity index (χ0n) is 8.53. The zero-order valence-corrected chi connectivity index (χ0v) is 8.53. The van der Waals surface area contributed by atoms with Gasteiger partial charge in [-0.05, 0) is 6.42 Å². The lowest BCUT2D eigenvalue weighted by atomic mass is 10.2. The number of likely N-dealkylation sites (N-methyl/N-ethyl adjacent to an activating group) is 1. The van der Waals surface area contributed by atoms with Gasteiger partial charge >= 0.3 is 5.97 Å². The Morgan fingerprint density at radius 3 is 2.64 bits per heavy atom. The molecular weight excluding hydrogens is 184 g/mol. The van der Waals surface area contributed by atoms with Crippen LogP contribution in [0.15, 0.2) is 12.7 Å². The van der Waals surface area contributed by atoms with E-state index in [-0.39, 0.29) is 12.5 Å². The molecule has 0 aromatic carbocycles. The highest BCUT2D eigenvalue weighted by Gasteiger charge is 2.18. The molecule has 0 aliphatic rings. The molecule has 0 aliphatic carbocycles. The van der Waals surface area contributed by atoms with Crippen LogP contribution < -0.4 is 5.73 Å². The Labute approximate surface area is 83.5 Å². The molecule has 0 radical (unpaired) electrons. The molecule has 0 bridgehead atoms. The Bertz CT molecular complexity index is 228. The van der Waals surface area contributed by atoms with Crippen LogP contribution in [0, 0.1) is 0 Å². The highest BCUT2D eigenvalue weighted by molar-refractivity contribution is 5.85. The molecule has 5 nitrogen and oxygen atoms in total. The SMILES string of the molecule is C=CCC(N)C(=O)N(C)CC(=O)OC. The van der Waals surface area contributed by atoms with Crippen molar-refractivity contribution < 1.29 is 14.3 Å². The van der Waals surface area contributed by atoms with Crippen LogP contribution in [0.4, 0.5) is 0 Å². The van der Waals surface area contributed by atoms with Gasteiger partial charge in [0.25, 0.3) is 0 Å². The Kier molecular flexibility index (Phi) is 5.55. The number of carbonyl (C=O) groups excluding carboxylic acids is 2. The molecule has 0 heterocycles. The lowest BCUT2D eigenvalue weighted by molar-refractivity contribution is -0.146. The van der Waals surface area contributed by atoms with E-state index >= 15 is 0 Å². The second-order valence-electron chi connectivity index (χ2n) is 2.90. The quantitative estimate of drug-likeness (QED) is 0.480. The monoisotopic (exact) mass is 200 g/mol. The highest BCUT2D eigenvalue weighted by Crippen LogP contribution is 1.95. The van der Waals surface area contributed by atoms with Crippen LogP contribution >= 0.6 is 0 Å². The fourth-order valence-corrected chi connectivity index (χ4v) is 0.900. The molecule has 1 unspecified atom stereocenters. The first kappa shape index (κ1) is 12.6. The first-order chi connectivity index (χ1) is 6.52. The van der Waals surface area contributed by atoms with Crippen molar-refractivity contribution in [1.82, 2.24) is 4.90 Å². The number of carbonyl (C=O) groups is 2. The van der Waals surface area contributed by atoms with Gasteiger partial charge in [-0.2, -0.15) is 0 Å². The number of amides is 1. The number of rotatable bonds is 5. The maximum atomic E-state index is 11.4. The van der Waals surface area contributed by atoms with Crippen LogP contribution in [0.5, 0.6) is 0 Å². The normalized spacial score (nSPS) is 11.6. The Morgan fingerprint density at radius 1 is 1.64 bits per heavy atom. The Hall–Kier alpha value is -1.36. The van der Waals surface area contributed by atoms with Gasteiger partial charge in [0.1, 0.15) is 6.54 Å². The lowest BCUT2D eigenvalue weighted by Gasteiger charge is -2.19. The maximum absolute atomic E-state index is 11.4. The standard InChI is InChI=1S/C9H16N2O3/c1-4-5-7(10)9(13)11(2)6-8(12)14-3/h4,7H,1,5-6,10H2,2-3H3. The molecule has 0 aromatic heterocycles. The predicted molar refractivity (Wildman–Crippen MR) is 52.4 cm³/mol. The smallest absolute Gasteiger partial charge is 0.325 e. The summed E-state index contributed by atoms with van der Waals surface area (Å²) >= 11 is 0. The molecule has 0 fully saturated rings. The predicted octanol–water partition coefficient (Wildman–Crippen LogP) is -0.479. The van der Waals surface area contributed by atoms with Crippen molar-refractivity contribution in [3.05, 3.63) is 12.7 Å². The molecule has 0 saturated heterocycles. The molecule has 0 aliphatic heterocycles. The van der Waals surface area contributed by atoms with E-state index in [1.807, 2.05) is 0 Å². The molecule has 80 valence electrons. The van der Waals surface area contributed by atoms with E-state index in [9.17, 15) is 9.59 Å². The number of esters is 1. The third-order valence-electron chi connectivity index (χ3n) is 1.71. The van der Waals surface area contributed by atoms with Crippen molar-refractivity contribution in [2.24, 2.45) is 5.73 Å². The summed E-state index contributed by atoms with van der Waals surface area (Å²) in [6.07, 6.45) is 1.96. The number of ether oxygens (including phenoxy) is 1. The largest absolute Gasteiger partial charge is 0.468 e. The van der Waals surface area contributed by atoms with Gasteiger partial charge in [0.2, 0.25) is 5.91 Å². The summed E-state index contributed by atoms with van der Waals surface area (Å²) in [4.78, 5) is 23.5. The van der Waals surface area contributed by atoms with Crippen LogP contribution in [-0.2, 0) is 14.3 Å². The summed E-state index contributed by atoms with van der Waals surface area (Å²) < 4.78 is 4.42. The summed E-state index contributed by atoms with van der Waals surface area (Å²) in [7, 11) is 2.77. The van der Waals surface area contributed by atoms with Gasteiger partial charge < -0.3 is 15.4 Å². The third-order valence-corrected chi connectivity index (χ3v) is 1.71. The number of hydrogen-bond acceptors (Lipinski definition) is 4. The average molecular weight is 200 g/mol. The van der Waals surface area contributed by atoms with E-state index < -0.39 is 12.0 Å². The minimum Gasteiger partial charge on any atom is -0.468 e. The van der Waals surface area contributed by atoms with Crippen molar-refractivity contribution in [1.29, 1.82) is 0 Å². The summed E-state index contributed by atoms with van der Waals surface area (Å²) in [5.41, 5.74) is 5.53. The van der Waals surface area contributed by atoms with Crippen molar-refractivity contribution in [2.75, 3.05) is 20.7 Å². The summed E-state index contributed by atoms with van der Waals surface area (Å²) in [5.74, 6) is -0.762. The Balaban J connectivity index is 4.10. The van der Waals surface area contributed by atoms with E-state index in [1.54, 1.807) is 6.08 Å². The van der Waals surface area contributed by atoms with Gasteiger partial charge in [0, 0.05) is 7.05 Å². The van der Waals surface area contributed by atoms with Gasteiger partial charge in [0.05, 0.1) is 13.2 Å². The van der Waals surface area contributed by atoms with E-state index in [0.717, 1.165) is 0 Å². The first-order valence-corrected chi connectivity index (χ1v) is 4.21. The molecule has 1 atom stereocenters. The third kappa shape index (κ3) is 4.04. The molecule has 0 spiro atoms. The summed E-state index contributed by atoms with van der Waals surface area (Å²) in [6.45, 7) is 3.39. The fraction of sp³-hybridized carbons (Fsp3) is 0.556. The van der Waals surface area contributed by atoms with Gasteiger partial charge in [-0.1, -0.05) is 6.08 Å². The van der Waals surface area contributed by atoms with Crippen LogP contribution in [0.3, 0.4) is 0 Å². The zero-order chi connectivity index (χ0) is 11.1. The minimum atomic E-state index is -0.637. The van der Waals surface area contributed by atoms with Crippen molar-refractivity contribution in [2.45, 2.75) is 12.5 Å². The summed E-state index contributed by atoms with van der Waals surface area (Å²) in [5, 5.41) is 0. The van der Waals surface area contributed by atoms with Crippen LogP contribution in [0.1, 0.15) is 6.42 Å². The minimum absolute atomic E-state index is 0.0832. The van der Waals surface area contributed by atoms with E-state index in [1.165, 1.54) is 19.1 Å². The fourth-order valence-electron chi connectivity index (χ4n) is 0.900. The molecular formula is C9H16N2O3. The lowest BCUT2D eigenvalue weighted by Crippen LogP contribution is -2.43. The van der Waals surface area contributed by atoms with Gasteiger partial charge in [-0.15, -0.1) is 6.58 Å². The van der Waals surface area contributed by atoms with Gasteiger partial charge in [-0.3, -0.25) is 9.59 Å². The van der Waals surface area contributed by atoms with Crippen LogP contribution in [-0.4, -0.2) is 43.5 Å². The molecule has 5 heteroatoms. The second kappa shape index (κ2) is 6.15. The number of methoxy groups -OCH3 is 1. The topological polar surface area (TPSA) is 72.6 Å². The maximum Gasteiger partial charge on any atom is 0.325 e. The molecule has 0 saturated carbocycles. The van der Waals surface area contributed by atoms with E-state index in [0.29, 0.717) is 6.42 Å².